The van der Waals surface area contributed by atoms with Crippen LogP contribution < -0.4 is 0 Å². The van der Waals surface area contributed by atoms with Gasteiger partial charge in [-0.2, -0.15) is 0 Å². The molecule has 0 aliphatic heterocycles. The summed E-state index contributed by atoms with van der Waals surface area (Å²) < 4.78 is 9.50. The highest BCUT2D eigenvalue weighted by molar-refractivity contribution is 6.23. The van der Waals surface area contributed by atoms with Crippen LogP contribution in [0.2, 0.25) is 0 Å². The molecular weight excluding hydrogens is 1290 g/mol. The summed E-state index contributed by atoms with van der Waals surface area (Å²) in [5.41, 5.74) is 28.5. The van der Waals surface area contributed by atoms with E-state index in [4.69, 9.17) is 19.9 Å². The second-order valence-corrected chi connectivity index (χ2v) is 28.4. The van der Waals surface area contributed by atoms with Gasteiger partial charge in [-0.25, -0.2) is 15.0 Å². The fourth-order valence-corrected chi connectivity index (χ4v) is 18.2. The third-order valence-corrected chi connectivity index (χ3v) is 22.9. The summed E-state index contributed by atoms with van der Waals surface area (Å²) in [5, 5.41) is 16.7. The van der Waals surface area contributed by atoms with Crippen molar-refractivity contribution >= 4 is 120 Å². The normalized spacial score (nSPS) is 12.3. The lowest BCUT2D eigenvalue weighted by molar-refractivity contribution is 1.09. The first-order valence-corrected chi connectivity index (χ1v) is 36.2. The maximum Gasteiger partial charge on any atom is 0.139 e. The Kier molecular flexibility index (Phi) is 11.7. The minimum atomic E-state index is 0.862. The van der Waals surface area contributed by atoms with Crippen LogP contribution in [0, 0.1) is 0 Å². The summed E-state index contributed by atoms with van der Waals surface area (Å²) in [7, 11) is 0. The Morgan fingerprint density at radius 2 is 0.632 bits per heavy atom. The molecule has 0 N–H and O–H groups in total. The minimum Gasteiger partial charge on any atom is -0.309 e. The standard InChI is InChI=1S/C98H56N8/c1-2-20-67(21-3-1)103-88-47-41-64(54-80(88)94-69-23-5-4-16-58(69)37-48-89(94)103)63-40-46-87-79(53-63)72-26-8-11-32-84(72)106(87)91-56-66-19-14-28-74-76-42-43-81(100-96(76)98(102-91)93(66)74)59-35-33-57(34-36-59)60-17-12-22-68(50-60)104-82-30-9-6-24-70(82)77-51-61(38-44-85(77)104)62-39-45-86-78(52-62)71-25-7-10-31-83(71)105(86)90-55-65-18-13-27-73-75-29-15-49-99-95(75)97(101-90)92(65)73/h1-56H. The van der Waals surface area contributed by atoms with E-state index in [9.17, 15) is 0 Å². The van der Waals surface area contributed by atoms with Crippen LogP contribution in [-0.2, 0) is 0 Å². The Morgan fingerprint density at radius 3 is 1.25 bits per heavy atom. The fourth-order valence-electron chi connectivity index (χ4n) is 18.2. The zero-order valence-corrected chi connectivity index (χ0v) is 56.9. The van der Waals surface area contributed by atoms with E-state index in [-0.39, 0.29) is 0 Å². The third-order valence-electron chi connectivity index (χ3n) is 22.9. The summed E-state index contributed by atoms with van der Waals surface area (Å²) in [4.78, 5) is 21.5. The molecular formula is C98H56N8. The van der Waals surface area contributed by atoms with Crippen molar-refractivity contribution in [3.63, 3.8) is 0 Å². The lowest BCUT2D eigenvalue weighted by atomic mass is 9.99. The minimum absolute atomic E-state index is 0.862. The quantitative estimate of drug-likeness (QED) is 0.152. The third kappa shape index (κ3) is 8.12. The summed E-state index contributed by atoms with van der Waals surface area (Å²) in [5.74, 6) is 1.75. The molecule has 8 heterocycles. The first-order chi connectivity index (χ1) is 52.5. The molecule has 24 rings (SSSR count). The highest BCUT2D eigenvalue weighted by atomic mass is 15.1. The molecule has 0 atom stereocenters. The number of fused-ring (bicyclic) bond motifs is 20. The van der Waals surface area contributed by atoms with Crippen LogP contribution in [0.25, 0.3) is 232 Å². The van der Waals surface area contributed by atoms with Crippen LogP contribution in [0.15, 0.2) is 340 Å². The molecule has 8 heteroatoms. The van der Waals surface area contributed by atoms with Crippen molar-refractivity contribution in [2.75, 3.05) is 0 Å². The van der Waals surface area contributed by atoms with E-state index in [1.807, 2.05) is 12.3 Å². The monoisotopic (exact) mass is 1340 g/mol. The van der Waals surface area contributed by atoms with Crippen LogP contribution in [0.1, 0.15) is 0 Å². The largest absolute Gasteiger partial charge is 0.309 e. The van der Waals surface area contributed by atoms with Crippen molar-refractivity contribution in [2.24, 2.45) is 0 Å². The molecule has 0 radical (unpaired) electrons. The Morgan fingerprint density at radius 1 is 0.198 bits per heavy atom. The van der Waals surface area contributed by atoms with Crippen molar-refractivity contribution in [1.29, 1.82) is 0 Å². The number of rotatable bonds is 8. The van der Waals surface area contributed by atoms with Crippen molar-refractivity contribution < 1.29 is 0 Å². The number of benzene rings is 14. The Hall–Kier alpha value is -14.3. The van der Waals surface area contributed by atoms with Gasteiger partial charge in [0.2, 0.25) is 0 Å². The molecule has 0 spiro atoms. The molecule has 8 nitrogen and oxygen atoms in total. The van der Waals surface area contributed by atoms with E-state index in [1.165, 1.54) is 81.4 Å². The van der Waals surface area contributed by atoms with Gasteiger partial charge < -0.3 is 9.13 Å². The molecule has 0 bridgehead atoms. The number of pyridine rings is 4. The molecule has 0 unspecified atom stereocenters. The summed E-state index contributed by atoms with van der Waals surface area (Å²) >= 11 is 0. The molecule has 2 aliphatic carbocycles. The SMILES string of the molecule is c1ccc(-n2c3ccc(-c4ccc5c(c4)c4ccccc4n5-c4cc5cccc6c5c(n4)-c4nc(-c5ccc(-c7cccc(-n8c9ccccc9c9cc(-c%10ccc%11c(c%10)c%10ccccc%10n%11-c%10cc%11cccc%12c%11c(n%10)-c%10ncccc%10-%12)ccc98)c7)cc5)ccc4-6)cc3c3c4ccccc4ccc32)cc1. The van der Waals surface area contributed by atoms with Crippen LogP contribution in [-0.4, -0.2) is 38.2 Å². The number of para-hydroxylation sites is 4. The number of hydrogen-bond acceptors (Lipinski definition) is 4. The van der Waals surface area contributed by atoms with Crippen molar-refractivity contribution in [3.8, 4) is 113 Å². The highest BCUT2D eigenvalue weighted by Gasteiger charge is 2.29. The van der Waals surface area contributed by atoms with E-state index < -0.39 is 0 Å². The number of nitrogens with zero attached hydrogens (tertiary/aromatic N) is 8. The van der Waals surface area contributed by atoms with Gasteiger partial charge in [0.15, 0.2) is 0 Å². The van der Waals surface area contributed by atoms with E-state index in [1.54, 1.807) is 0 Å². The van der Waals surface area contributed by atoms with Gasteiger partial charge in [0, 0.05) is 88.1 Å². The van der Waals surface area contributed by atoms with E-state index in [2.05, 4.69) is 346 Å². The molecule has 106 heavy (non-hydrogen) atoms. The van der Waals surface area contributed by atoms with Crippen LogP contribution in [0.3, 0.4) is 0 Å². The summed E-state index contributed by atoms with van der Waals surface area (Å²) in [6.07, 6.45) is 1.87. The van der Waals surface area contributed by atoms with Gasteiger partial charge in [0.05, 0.1) is 61.2 Å². The first kappa shape index (κ1) is 57.3. The Balaban J connectivity index is 0.554. The van der Waals surface area contributed by atoms with Gasteiger partial charge >= 0.3 is 0 Å². The van der Waals surface area contributed by atoms with Crippen molar-refractivity contribution in [3.05, 3.63) is 340 Å². The molecule has 0 saturated heterocycles. The van der Waals surface area contributed by atoms with Gasteiger partial charge in [0.25, 0.3) is 0 Å². The number of aromatic nitrogens is 8. The van der Waals surface area contributed by atoms with Gasteiger partial charge in [-0.3, -0.25) is 14.1 Å². The maximum atomic E-state index is 5.66. The van der Waals surface area contributed by atoms with Crippen LogP contribution in [0.5, 0.6) is 0 Å². The van der Waals surface area contributed by atoms with Gasteiger partial charge in [0.1, 0.15) is 23.0 Å². The van der Waals surface area contributed by atoms with E-state index >= 15 is 0 Å². The zero-order valence-electron chi connectivity index (χ0n) is 56.9. The Bertz CT molecular complexity index is 7640. The summed E-state index contributed by atoms with van der Waals surface area (Å²) in [6, 6.07) is 122. The molecule has 0 saturated carbocycles. The topological polar surface area (TPSA) is 71.3 Å². The van der Waals surface area contributed by atoms with Gasteiger partial charge in [-0.15, -0.1) is 0 Å². The van der Waals surface area contributed by atoms with Crippen LogP contribution in [0.4, 0.5) is 0 Å². The van der Waals surface area contributed by atoms with Gasteiger partial charge in [-0.05, 0) is 193 Å². The maximum absolute atomic E-state index is 5.66. The average molecular weight is 1350 g/mol. The first-order valence-electron chi connectivity index (χ1n) is 36.2. The molecule has 8 aromatic heterocycles. The lowest BCUT2D eigenvalue weighted by Crippen LogP contribution is -1.99. The second kappa shape index (κ2) is 21.6. The molecule has 0 fully saturated rings. The smallest absolute Gasteiger partial charge is 0.139 e. The predicted molar refractivity (Wildman–Crippen MR) is 438 cm³/mol. The average Bonchev–Trinajstić information content (AvgIpc) is 1.56. The Labute approximate surface area is 606 Å². The fraction of sp³-hybridized carbons (Fsp3) is 0. The number of hydrogen-bond donors (Lipinski definition) is 0. The lowest BCUT2D eigenvalue weighted by Gasteiger charge is -2.12. The molecule has 2 aliphatic rings. The summed E-state index contributed by atoms with van der Waals surface area (Å²) in [6.45, 7) is 0. The predicted octanol–water partition coefficient (Wildman–Crippen LogP) is 25.1. The van der Waals surface area contributed by atoms with E-state index in [0.717, 1.165) is 151 Å². The van der Waals surface area contributed by atoms with Crippen molar-refractivity contribution in [2.45, 2.75) is 0 Å². The molecule has 0 amide bonds. The van der Waals surface area contributed by atoms with Gasteiger partial charge in [-0.1, -0.05) is 206 Å². The van der Waals surface area contributed by atoms with Crippen LogP contribution >= 0.6 is 0 Å². The second-order valence-electron chi connectivity index (χ2n) is 28.4. The zero-order chi connectivity index (χ0) is 69.0. The van der Waals surface area contributed by atoms with E-state index in [0.29, 0.717) is 0 Å². The van der Waals surface area contributed by atoms with Crippen molar-refractivity contribution in [1.82, 2.24) is 38.2 Å². The highest BCUT2D eigenvalue weighted by Crippen LogP contribution is 2.50. The molecule has 22 aromatic rings. The molecule has 488 valence electrons. The molecule has 14 aromatic carbocycles.